The molecule has 2 aromatic carbocycles. The molecule has 10 heteroatoms. The summed E-state index contributed by atoms with van der Waals surface area (Å²) in [6.07, 6.45) is -0.704. The number of nitrogens with one attached hydrogen (secondary N) is 2. The topological polar surface area (TPSA) is 131 Å². The van der Waals surface area contributed by atoms with Gasteiger partial charge in [-0.3, -0.25) is 24.2 Å². The Morgan fingerprint density at radius 1 is 1.30 bits per heavy atom. The number of likely N-dealkylation sites (N-methyl/N-ethyl adjacent to an activating group) is 2. The van der Waals surface area contributed by atoms with Gasteiger partial charge in [0.1, 0.15) is 18.4 Å². The Balaban J connectivity index is 2.15. The molecule has 2 aromatic rings. The monoisotopic (exact) mass is 455 g/mol. The number of hydrogen-bond donors (Lipinski definition) is 3. The number of quaternary nitrogens is 1. The fourth-order valence-electron chi connectivity index (χ4n) is 5.58. The molecule has 2 heterocycles. The second-order valence-corrected chi connectivity index (χ2v) is 8.83. The first-order chi connectivity index (χ1) is 15.6. The first-order valence-corrected chi connectivity index (χ1v) is 10.6. The minimum absolute atomic E-state index is 0.0880. The zero-order valence-electron chi connectivity index (χ0n) is 18.9. The van der Waals surface area contributed by atoms with E-state index in [0.717, 1.165) is 5.56 Å². The lowest BCUT2D eigenvalue weighted by Gasteiger charge is -2.48. The van der Waals surface area contributed by atoms with Crippen LogP contribution in [-0.4, -0.2) is 66.2 Å². The van der Waals surface area contributed by atoms with E-state index in [2.05, 4.69) is 10.6 Å². The van der Waals surface area contributed by atoms with E-state index in [9.17, 15) is 24.8 Å². The van der Waals surface area contributed by atoms with Crippen LogP contribution < -0.4 is 15.4 Å². The number of hydrogen-bond acceptors (Lipinski definition) is 6. The molecular formula is C23H27N4O6+. The molecule has 0 radical (unpaired) electrons. The van der Waals surface area contributed by atoms with Gasteiger partial charge in [-0.15, -0.1) is 0 Å². The predicted molar refractivity (Wildman–Crippen MR) is 120 cm³/mol. The molecule has 0 saturated carbocycles. The number of carbonyl (C=O) groups is 2. The quantitative estimate of drug-likeness (QED) is 0.355. The number of nitrogens with zero attached hydrogens (tertiary/aromatic N) is 2. The maximum Gasteiger partial charge on any atom is 0.295 e. The Kier molecular flexibility index (Phi) is 5.38. The van der Waals surface area contributed by atoms with Crippen molar-refractivity contribution in [1.82, 2.24) is 5.32 Å². The SMILES string of the molecule is CNC(=O)[C@@H]1C[C@@H](O)C[N+]1(C)C1(c2cc(C)ccc2OC)C(=O)Nc2ccc([N+](=O)[O-])cc21. The van der Waals surface area contributed by atoms with Gasteiger partial charge in [0, 0.05) is 25.6 Å². The van der Waals surface area contributed by atoms with Crippen molar-refractivity contribution in [2.75, 3.05) is 33.1 Å². The molecule has 3 N–H and O–H groups in total. The van der Waals surface area contributed by atoms with E-state index in [4.69, 9.17) is 4.74 Å². The second-order valence-electron chi connectivity index (χ2n) is 8.83. The molecule has 2 amide bonds. The Hall–Kier alpha value is -3.50. The fraction of sp³-hybridized carbons (Fsp3) is 0.391. The van der Waals surface area contributed by atoms with Gasteiger partial charge in [-0.25, -0.2) is 0 Å². The molecule has 1 fully saturated rings. The summed E-state index contributed by atoms with van der Waals surface area (Å²) >= 11 is 0. The molecule has 174 valence electrons. The number of likely N-dealkylation sites (tertiary alicyclic amines) is 1. The number of non-ortho nitro benzene ring substituents is 1. The Morgan fingerprint density at radius 2 is 2.03 bits per heavy atom. The van der Waals surface area contributed by atoms with Crippen LogP contribution in [0.1, 0.15) is 23.1 Å². The third kappa shape index (κ3) is 3.09. The maximum absolute atomic E-state index is 14.0. The number of aryl methyl sites for hydroxylation is 1. The Bertz CT molecular complexity index is 1170. The summed E-state index contributed by atoms with van der Waals surface area (Å²) in [6, 6.07) is 8.81. The third-order valence-corrected chi connectivity index (χ3v) is 7.01. The lowest BCUT2D eigenvalue weighted by Crippen LogP contribution is -2.68. The van der Waals surface area contributed by atoms with Gasteiger partial charge in [0.05, 0.1) is 35.9 Å². The summed E-state index contributed by atoms with van der Waals surface area (Å²) in [5.74, 6) is -0.356. The lowest BCUT2D eigenvalue weighted by molar-refractivity contribution is -0.953. The number of nitro benzene ring substituents is 1. The van der Waals surface area contributed by atoms with Crippen LogP contribution in [0.4, 0.5) is 11.4 Å². The molecule has 4 rings (SSSR count). The van der Waals surface area contributed by atoms with Crippen LogP contribution in [0.3, 0.4) is 0 Å². The van der Waals surface area contributed by atoms with E-state index in [1.54, 1.807) is 13.1 Å². The van der Waals surface area contributed by atoms with Crippen LogP contribution >= 0.6 is 0 Å². The highest BCUT2D eigenvalue weighted by Crippen LogP contribution is 2.55. The zero-order chi connectivity index (χ0) is 24.1. The molecule has 0 spiro atoms. The molecule has 10 nitrogen and oxygen atoms in total. The lowest BCUT2D eigenvalue weighted by atomic mass is 9.78. The van der Waals surface area contributed by atoms with Gasteiger partial charge in [-0.1, -0.05) is 11.6 Å². The summed E-state index contributed by atoms with van der Waals surface area (Å²) in [5.41, 5.74) is 0.366. The van der Waals surface area contributed by atoms with Gasteiger partial charge in [0.2, 0.25) is 5.54 Å². The minimum Gasteiger partial charge on any atom is -0.496 e. The number of fused-ring (bicyclic) bond motifs is 1. The number of ether oxygens (including phenoxy) is 1. The average molecular weight is 455 g/mol. The van der Waals surface area contributed by atoms with Crippen LogP contribution in [-0.2, 0) is 15.1 Å². The fourth-order valence-corrected chi connectivity index (χ4v) is 5.58. The molecule has 2 aliphatic heterocycles. The molecule has 2 aliphatic rings. The predicted octanol–water partition coefficient (Wildman–Crippen LogP) is 1.43. The van der Waals surface area contributed by atoms with E-state index < -0.39 is 28.5 Å². The van der Waals surface area contributed by atoms with Gasteiger partial charge in [-0.2, -0.15) is 0 Å². The molecule has 0 aromatic heterocycles. The molecule has 33 heavy (non-hydrogen) atoms. The standard InChI is InChI=1S/C23H26N4O6/c1-13-5-8-20(33-4)17(9-13)23(27(3)12-15(28)11-19(27)21(29)24-2)16-10-14(26(31)32)6-7-18(16)25-22(23)30/h5-10,15,19,28H,11-12H2,1-4H3,(H-,24,25,29,30)/p+1/t15-,19+,23?,27?/m1/s1. The summed E-state index contributed by atoms with van der Waals surface area (Å²) in [6.45, 7) is 1.96. The summed E-state index contributed by atoms with van der Waals surface area (Å²) < 4.78 is 5.44. The number of nitro groups is 1. The van der Waals surface area contributed by atoms with Crippen molar-refractivity contribution < 1.29 is 28.8 Å². The van der Waals surface area contributed by atoms with Gasteiger partial charge in [0.25, 0.3) is 17.5 Å². The number of aliphatic hydroxyl groups excluding tert-OH is 1. The number of amides is 2. The van der Waals surface area contributed by atoms with Crippen molar-refractivity contribution in [3.8, 4) is 5.75 Å². The normalized spacial score (nSPS) is 28.2. The highest BCUT2D eigenvalue weighted by Gasteiger charge is 2.69. The molecule has 2 unspecified atom stereocenters. The number of rotatable bonds is 5. The van der Waals surface area contributed by atoms with Crippen LogP contribution in [0, 0.1) is 17.0 Å². The van der Waals surface area contributed by atoms with E-state index >= 15 is 0 Å². The minimum atomic E-state index is -1.58. The highest BCUT2D eigenvalue weighted by atomic mass is 16.6. The van der Waals surface area contributed by atoms with Crippen LogP contribution in [0.5, 0.6) is 5.75 Å². The first kappa shape index (κ1) is 22.7. The summed E-state index contributed by atoms with van der Waals surface area (Å²) in [5, 5.41) is 27.9. The number of methoxy groups -OCH3 is 1. The zero-order valence-corrected chi connectivity index (χ0v) is 18.9. The molecule has 4 atom stereocenters. The summed E-state index contributed by atoms with van der Waals surface area (Å²) in [7, 11) is 4.73. The molecule has 0 bridgehead atoms. The van der Waals surface area contributed by atoms with E-state index in [1.807, 2.05) is 19.1 Å². The molecule has 1 saturated heterocycles. The van der Waals surface area contributed by atoms with Crippen molar-refractivity contribution in [2.45, 2.75) is 31.0 Å². The van der Waals surface area contributed by atoms with Crippen molar-refractivity contribution >= 4 is 23.2 Å². The molecular weight excluding hydrogens is 428 g/mol. The number of aliphatic hydroxyl groups is 1. The van der Waals surface area contributed by atoms with Gasteiger partial charge in [-0.05, 0) is 25.1 Å². The Morgan fingerprint density at radius 3 is 2.67 bits per heavy atom. The first-order valence-electron chi connectivity index (χ1n) is 10.6. The van der Waals surface area contributed by atoms with Crippen LogP contribution in [0.15, 0.2) is 36.4 Å². The number of benzene rings is 2. The van der Waals surface area contributed by atoms with Crippen LogP contribution in [0.25, 0.3) is 0 Å². The van der Waals surface area contributed by atoms with Crippen molar-refractivity contribution in [1.29, 1.82) is 0 Å². The van der Waals surface area contributed by atoms with Gasteiger partial charge in [0.15, 0.2) is 6.04 Å². The average Bonchev–Trinajstić information content (AvgIpc) is 3.25. The smallest absolute Gasteiger partial charge is 0.295 e. The third-order valence-electron chi connectivity index (χ3n) is 7.01. The van der Waals surface area contributed by atoms with Crippen LogP contribution in [0.2, 0.25) is 0 Å². The Labute approximate surface area is 190 Å². The number of carbonyl (C=O) groups excluding carboxylic acids is 2. The van der Waals surface area contributed by atoms with E-state index in [0.29, 0.717) is 22.6 Å². The second kappa shape index (κ2) is 7.82. The van der Waals surface area contributed by atoms with Crippen molar-refractivity contribution in [3.05, 3.63) is 63.2 Å². The maximum atomic E-state index is 14.0. The largest absolute Gasteiger partial charge is 0.496 e. The number of anilines is 1. The van der Waals surface area contributed by atoms with Crippen molar-refractivity contribution in [2.24, 2.45) is 0 Å². The van der Waals surface area contributed by atoms with Gasteiger partial charge < -0.3 is 20.5 Å². The summed E-state index contributed by atoms with van der Waals surface area (Å²) in [4.78, 5) is 38.1. The highest BCUT2D eigenvalue weighted by molar-refractivity contribution is 6.08. The van der Waals surface area contributed by atoms with Gasteiger partial charge >= 0.3 is 0 Å². The van der Waals surface area contributed by atoms with E-state index in [1.165, 1.54) is 32.4 Å². The van der Waals surface area contributed by atoms with Crippen molar-refractivity contribution in [3.63, 3.8) is 0 Å². The molecule has 0 aliphatic carbocycles. The van der Waals surface area contributed by atoms with E-state index in [-0.39, 0.29) is 29.0 Å².